The number of aryl methyl sites for hydroxylation is 1. The van der Waals surface area contributed by atoms with E-state index in [1.807, 2.05) is 20.8 Å². The summed E-state index contributed by atoms with van der Waals surface area (Å²) in [5.74, 6) is 1.78. The lowest BCUT2D eigenvalue weighted by Gasteiger charge is -2.05. The zero-order valence-electron chi connectivity index (χ0n) is 11.7. The molecular weight excluding hydrogens is 278 g/mol. The highest BCUT2D eigenvalue weighted by Gasteiger charge is 2.14. The molecule has 0 spiro atoms. The maximum atomic E-state index is 11.6. The largest absolute Gasteiger partial charge is 0.469 e. The van der Waals surface area contributed by atoms with E-state index in [0.717, 1.165) is 11.3 Å². The van der Waals surface area contributed by atoms with Crippen molar-refractivity contribution >= 4 is 17.7 Å². The molecule has 0 unspecified atom stereocenters. The van der Waals surface area contributed by atoms with Gasteiger partial charge in [-0.25, -0.2) is 0 Å². The Labute approximate surface area is 121 Å². The lowest BCUT2D eigenvalue weighted by atomic mass is 10.2. The van der Waals surface area contributed by atoms with E-state index in [1.54, 1.807) is 12.3 Å². The molecule has 7 heteroatoms. The first-order valence-corrected chi connectivity index (χ1v) is 7.32. The van der Waals surface area contributed by atoms with E-state index in [2.05, 4.69) is 15.5 Å². The number of hydrogen-bond acceptors (Lipinski definition) is 6. The fraction of sp³-hybridized carbons (Fsp3) is 0.462. The number of aromatic nitrogens is 2. The van der Waals surface area contributed by atoms with E-state index in [-0.39, 0.29) is 11.7 Å². The third kappa shape index (κ3) is 3.86. The fourth-order valence-electron chi connectivity index (χ4n) is 1.48. The van der Waals surface area contributed by atoms with Crippen molar-refractivity contribution in [1.82, 2.24) is 15.5 Å². The van der Waals surface area contributed by atoms with Crippen molar-refractivity contribution in [2.45, 2.75) is 26.0 Å². The molecule has 0 aliphatic carbocycles. The van der Waals surface area contributed by atoms with Crippen LogP contribution in [0.5, 0.6) is 0 Å². The number of rotatable bonds is 6. The van der Waals surface area contributed by atoms with Crippen LogP contribution >= 0.6 is 11.8 Å². The third-order valence-corrected chi connectivity index (χ3v) is 3.35. The quantitative estimate of drug-likeness (QED) is 0.825. The summed E-state index contributed by atoms with van der Waals surface area (Å²) in [6, 6.07) is 1.77. The van der Waals surface area contributed by atoms with Gasteiger partial charge in [-0.1, -0.05) is 25.6 Å². The number of nitrogens with one attached hydrogen (secondary N) is 1. The Morgan fingerprint density at radius 1 is 1.45 bits per heavy atom. The van der Waals surface area contributed by atoms with E-state index >= 15 is 0 Å². The second-order valence-electron chi connectivity index (χ2n) is 4.75. The monoisotopic (exact) mass is 295 g/mol. The molecule has 0 bridgehead atoms. The van der Waals surface area contributed by atoms with Crippen LogP contribution in [-0.2, 0) is 4.79 Å². The molecule has 0 atom stereocenters. The zero-order chi connectivity index (χ0) is 14.5. The second-order valence-corrected chi connectivity index (χ2v) is 5.68. The molecule has 0 saturated carbocycles. The summed E-state index contributed by atoms with van der Waals surface area (Å²) in [6.45, 7) is 6.59. The summed E-state index contributed by atoms with van der Waals surface area (Å²) in [5, 5.41) is 11.1. The summed E-state index contributed by atoms with van der Waals surface area (Å²) in [7, 11) is 0. The number of hydrogen-bond donors (Lipinski definition) is 1. The van der Waals surface area contributed by atoms with Crippen LogP contribution in [0.25, 0.3) is 11.5 Å². The van der Waals surface area contributed by atoms with Gasteiger partial charge in [-0.3, -0.25) is 4.79 Å². The van der Waals surface area contributed by atoms with Gasteiger partial charge in [0.1, 0.15) is 5.76 Å². The molecule has 108 valence electrons. The maximum Gasteiger partial charge on any atom is 0.277 e. The average Bonchev–Trinajstić information content (AvgIpc) is 3.02. The van der Waals surface area contributed by atoms with E-state index in [4.69, 9.17) is 8.83 Å². The number of amides is 1. The van der Waals surface area contributed by atoms with Gasteiger partial charge in [0, 0.05) is 6.54 Å². The van der Waals surface area contributed by atoms with Gasteiger partial charge in [-0.05, 0) is 18.9 Å². The van der Waals surface area contributed by atoms with Crippen LogP contribution in [0.3, 0.4) is 0 Å². The highest BCUT2D eigenvalue weighted by atomic mass is 32.2. The van der Waals surface area contributed by atoms with Crippen molar-refractivity contribution in [2.24, 2.45) is 5.92 Å². The smallest absolute Gasteiger partial charge is 0.277 e. The van der Waals surface area contributed by atoms with Gasteiger partial charge in [0.2, 0.25) is 5.91 Å². The van der Waals surface area contributed by atoms with Gasteiger partial charge in [0.15, 0.2) is 0 Å². The van der Waals surface area contributed by atoms with Crippen molar-refractivity contribution in [1.29, 1.82) is 0 Å². The standard InChI is InChI=1S/C13H17N3O3S/c1-8(2)6-14-11(17)7-20-13-16-15-12(19-13)10-4-5-18-9(10)3/h4-5,8H,6-7H2,1-3H3,(H,14,17). The average molecular weight is 295 g/mol. The highest BCUT2D eigenvalue weighted by Crippen LogP contribution is 2.26. The van der Waals surface area contributed by atoms with Gasteiger partial charge in [0.05, 0.1) is 17.6 Å². The molecule has 2 rings (SSSR count). The van der Waals surface area contributed by atoms with Crippen molar-refractivity contribution in [2.75, 3.05) is 12.3 Å². The van der Waals surface area contributed by atoms with Gasteiger partial charge in [-0.15, -0.1) is 10.2 Å². The maximum absolute atomic E-state index is 11.6. The Kier molecular flexibility index (Phi) is 4.84. The van der Waals surface area contributed by atoms with Crippen LogP contribution in [0.1, 0.15) is 19.6 Å². The molecule has 2 heterocycles. The van der Waals surface area contributed by atoms with Crippen molar-refractivity contribution in [3.63, 3.8) is 0 Å². The molecule has 1 N–H and O–H groups in total. The zero-order valence-corrected chi connectivity index (χ0v) is 12.5. The van der Waals surface area contributed by atoms with Gasteiger partial charge in [-0.2, -0.15) is 0 Å². The summed E-state index contributed by atoms with van der Waals surface area (Å²) in [5.41, 5.74) is 0.772. The number of carbonyl (C=O) groups is 1. The van der Waals surface area contributed by atoms with Crippen molar-refractivity contribution < 1.29 is 13.6 Å². The van der Waals surface area contributed by atoms with Crippen molar-refractivity contribution in [3.8, 4) is 11.5 Å². The second kappa shape index (κ2) is 6.60. The minimum atomic E-state index is -0.0389. The molecule has 6 nitrogen and oxygen atoms in total. The molecule has 0 aromatic carbocycles. The van der Waals surface area contributed by atoms with E-state index in [1.165, 1.54) is 11.8 Å². The SMILES string of the molecule is Cc1occc1-c1nnc(SCC(=O)NCC(C)C)o1. The van der Waals surface area contributed by atoms with Gasteiger partial charge < -0.3 is 14.2 Å². The molecule has 0 aliphatic heterocycles. The minimum Gasteiger partial charge on any atom is -0.469 e. The van der Waals surface area contributed by atoms with E-state index in [9.17, 15) is 4.79 Å². The van der Waals surface area contributed by atoms with Gasteiger partial charge in [0.25, 0.3) is 11.1 Å². The Bertz CT molecular complexity index is 577. The van der Waals surface area contributed by atoms with Crippen LogP contribution < -0.4 is 5.32 Å². The van der Waals surface area contributed by atoms with Crippen molar-refractivity contribution in [3.05, 3.63) is 18.1 Å². The topological polar surface area (TPSA) is 81.2 Å². The molecule has 20 heavy (non-hydrogen) atoms. The first-order chi connectivity index (χ1) is 9.56. The van der Waals surface area contributed by atoms with E-state index < -0.39 is 0 Å². The first-order valence-electron chi connectivity index (χ1n) is 6.33. The third-order valence-electron chi connectivity index (χ3n) is 2.53. The minimum absolute atomic E-state index is 0.0389. The number of furan rings is 1. The molecule has 0 fully saturated rings. The van der Waals surface area contributed by atoms with Crippen LogP contribution in [-0.4, -0.2) is 28.4 Å². The first kappa shape index (κ1) is 14.6. The molecule has 0 radical (unpaired) electrons. The normalized spacial score (nSPS) is 11.0. The molecule has 2 aromatic rings. The summed E-state index contributed by atoms with van der Waals surface area (Å²) in [6.07, 6.45) is 1.57. The number of nitrogens with zero attached hydrogens (tertiary/aromatic N) is 2. The Hall–Kier alpha value is -1.76. The number of carbonyl (C=O) groups excluding carboxylic acids is 1. The fourth-order valence-corrected chi connectivity index (χ4v) is 2.07. The van der Waals surface area contributed by atoms with Crippen LogP contribution in [0.2, 0.25) is 0 Å². The molecule has 0 saturated heterocycles. The van der Waals surface area contributed by atoms with Crippen LogP contribution in [0, 0.1) is 12.8 Å². The van der Waals surface area contributed by atoms with Crippen LogP contribution in [0.15, 0.2) is 26.4 Å². The van der Waals surface area contributed by atoms with Crippen LogP contribution in [0.4, 0.5) is 0 Å². The lowest BCUT2D eigenvalue weighted by molar-refractivity contribution is -0.118. The Balaban J connectivity index is 1.87. The Morgan fingerprint density at radius 2 is 2.25 bits per heavy atom. The summed E-state index contributed by atoms with van der Waals surface area (Å²) < 4.78 is 10.7. The molecule has 1 amide bonds. The molecule has 2 aromatic heterocycles. The Morgan fingerprint density at radius 3 is 2.90 bits per heavy atom. The summed E-state index contributed by atoms with van der Waals surface area (Å²) >= 11 is 1.22. The predicted molar refractivity (Wildman–Crippen MR) is 75.3 cm³/mol. The number of thioether (sulfide) groups is 1. The lowest BCUT2D eigenvalue weighted by Crippen LogP contribution is -2.28. The van der Waals surface area contributed by atoms with E-state index in [0.29, 0.717) is 23.6 Å². The predicted octanol–water partition coefficient (Wildman–Crippen LogP) is 2.50. The van der Waals surface area contributed by atoms with Gasteiger partial charge >= 0.3 is 0 Å². The summed E-state index contributed by atoms with van der Waals surface area (Å²) in [4.78, 5) is 11.6. The highest BCUT2D eigenvalue weighted by molar-refractivity contribution is 7.99. The molecule has 0 aliphatic rings. The molecular formula is C13H17N3O3S.